The van der Waals surface area contributed by atoms with Gasteiger partial charge in [0, 0.05) is 13.1 Å². The topological polar surface area (TPSA) is 46.9 Å². The van der Waals surface area contributed by atoms with Gasteiger partial charge < -0.3 is 9.88 Å². The average Bonchev–Trinajstić information content (AvgIpc) is 3.01. The third kappa shape index (κ3) is 3.95. The van der Waals surface area contributed by atoms with Gasteiger partial charge in [0.1, 0.15) is 0 Å². The lowest BCUT2D eigenvalue weighted by Crippen LogP contribution is -2.51. The van der Waals surface area contributed by atoms with E-state index in [4.69, 9.17) is 4.98 Å². The van der Waals surface area contributed by atoms with Crippen molar-refractivity contribution < 1.29 is 4.79 Å². The number of nitrogens with one attached hydrogen (secondary N) is 1. The molecular formula is C24H33N3OS. The molecule has 4 fully saturated rings. The van der Waals surface area contributed by atoms with Crippen LogP contribution in [-0.2, 0) is 11.3 Å². The summed E-state index contributed by atoms with van der Waals surface area (Å²) in [7, 11) is 0. The summed E-state index contributed by atoms with van der Waals surface area (Å²) in [4.78, 5) is 17.5. The number of para-hydroxylation sites is 2. The highest BCUT2D eigenvalue weighted by Crippen LogP contribution is 2.59. The summed E-state index contributed by atoms with van der Waals surface area (Å²) in [6.07, 6.45) is 8.39. The molecule has 4 saturated carbocycles. The second-order valence-electron chi connectivity index (χ2n) is 10.4. The number of carbonyl (C=O) groups is 1. The number of carbonyl (C=O) groups excluding carboxylic acids is 1. The molecule has 0 atom stereocenters. The molecule has 4 aliphatic rings. The van der Waals surface area contributed by atoms with Crippen LogP contribution in [0.1, 0.15) is 52.4 Å². The van der Waals surface area contributed by atoms with Gasteiger partial charge in [-0.3, -0.25) is 4.79 Å². The van der Waals surface area contributed by atoms with Crippen molar-refractivity contribution in [2.75, 3.05) is 12.3 Å². The van der Waals surface area contributed by atoms with Crippen molar-refractivity contribution in [3.8, 4) is 0 Å². The zero-order valence-corrected chi connectivity index (χ0v) is 18.5. The second-order valence-corrected chi connectivity index (χ2v) is 11.3. The molecule has 1 N–H and O–H groups in total. The Kier molecular flexibility index (Phi) is 5.13. The van der Waals surface area contributed by atoms with Crippen molar-refractivity contribution in [3.05, 3.63) is 24.3 Å². The van der Waals surface area contributed by atoms with Crippen LogP contribution in [0.2, 0.25) is 0 Å². The van der Waals surface area contributed by atoms with Crippen molar-refractivity contribution in [3.63, 3.8) is 0 Å². The number of amides is 1. The fraction of sp³-hybridized carbons (Fsp3) is 0.667. The minimum Gasteiger partial charge on any atom is -0.355 e. The Balaban J connectivity index is 1.21. The zero-order valence-electron chi connectivity index (χ0n) is 17.7. The molecule has 156 valence electrons. The normalized spacial score (nSPS) is 30.4. The lowest BCUT2D eigenvalue weighted by Gasteiger charge is -2.56. The second kappa shape index (κ2) is 7.64. The van der Waals surface area contributed by atoms with Gasteiger partial charge in [-0.05, 0) is 79.7 Å². The number of rotatable bonds is 7. The number of benzene rings is 1. The minimum absolute atomic E-state index is 0.161. The van der Waals surface area contributed by atoms with E-state index in [1.807, 2.05) is 6.07 Å². The molecule has 1 aromatic carbocycles. The van der Waals surface area contributed by atoms with Crippen LogP contribution in [0.25, 0.3) is 11.0 Å². The van der Waals surface area contributed by atoms with E-state index in [2.05, 4.69) is 41.9 Å². The Bertz CT molecular complexity index is 867. The summed E-state index contributed by atoms with van der Waals surface area (Å²) in [5, 5.41) is 4.27. The van der Waals surface area contributed by atoms with Crippen LogP contribution >= 0.6 is 11.8 Å². The maximum absolute atomic E-state index is 12.7. The van der Waals surface area contributed by atoms with Gasteiger partial charge in [-0.25, -0.2) is 4.98 Å². The predicted molar refractivity (Wildman–Crippen MR) is 119 cm³/mol. The van der Waals surface area contributed by atoms with Gasteiger partial charge >= 0.3 is 0 Å². The molecule has 0 spiro atoms. The molecule has 0 unspecified atom stereocenters. The fourth-order valence-corrected chi connectivity index (χ4v) is 7.53. The maximum atomic E-state index is 12.7. The largest absolute Gasteiger partial charge is 0.355 e. The number of fused-ring (bicyclic) bond motifs is 1. The zero-order chi connectivity index (χ0) is 20.0. The third-order valence-corrected chi connectivity index (χ3v) is 8.30. The standard InChI is InChI=1S/C24H33N3OS/c1-16(2)13-27-21-6-4-3-5-20(21)26-23(27)29-14-22(28)25-15-24-10-17-7-18(11-24)9-19(8-17)12-24/h3-6,16-19H,7-15H2,1-2H3,(H,25,28). The molecule has 5 heteroatoms. The summed E-state index contributed by atoms with van der Waals surface area (Å²) < 4.78 is 2.27. The van der Waals surface area contributed by atoms with Gasteiger partial charge in [-0.15, -0.1) is 0 Å². The molecule has 4 bridgehead atoms. The van der Waals surface area contributed by atoms with E-state index in [1.54, 1.807) is 11.8 Å². The number of hydrogen-bond acceptors (Lipinski definition) is 3. The Hall–Kier alpha value is -1.49. The van der Waals surface area contributed by atoms with E-state index in [0.717, 1.165) is 47.0 Å². The quantitative estimate of drug-likeness (QED) is 0.644. The third-order valence-electron chi connectivity index (χ3n) is 7.33. The van der Waals surface area contributed by atoms with Gasteiger partial charge in [-0.2, -0.15) is 0 Å². The lowest BCUT2D eigenvalue weighted by atomic mass is 9.49. The Morgan fingerprint density at radius 1 is 1.17 bits per heavy atom. The average molecular weight is 412 g/mol. The van der Waals surface area contributed by atoms with E-state index in [9.17, 15) is 4.79 Å². The number of thioether (sulfide) groups is 1. The Morgan fingerprint density at radius 3 is 2.48 bits per heavy atom. The summed E-state index contributed by atoms with van der Waals surface area (Å²) in [6, 6.07) is 8.28. The summed E-state index contributed by atoms with van der Waals surface area (Å²) in [5.74, 6) is 3.95. The first-order valence-corrected chi connectivity index (χ1v) is 12.3. The molecule has 4 nitrogen and oxygen atoms in total. The Morgan fingerprint density at radius 2 is 1.83 bits per heavy atom. The van der Waals surface area contributed by atoms with Crippen LogP contribution in [0.3, 0.4) is 0 Å². The van der Waals surface area contributed by atoms with Crippen molar-refractivity contribution in [1.82, 2.24) is 14.9 Å². The highest BCUT2D eigenvalue weighted by atomic mass is 32.2. The molecule has 6 rings (SSSR count). The van der Waals surface area contributed by atoms with E-state index < -0.39 is 0 Å². The number of nitrogens with zero attached hydrogens (tertiary/aromatic N) is 2. The number of aromatic nitrogens is 2. The van der Waals surface area contributed by atoms with Crippen LogP contribution in [0, 0.1) is 29.1 Å². The van der Waals surface area contributed by atoms with E-state index >= 15 is 0 Å². The maximum Gasteiger partial charge on any atom is 0.230 e. The molecule has 1 amide bonds. The van der Waals surface area contributed by atoms with Crippen LogP contribution in [0.15, 0.2) is 29.4 Å². The molecular weight excluding hydrogens is 378 g/mol. The van der Waals surface area contributed by atoms with Crippen molar-refractivity contribution in [2.24, 2.45) is 29.1 Å². The monoisotopic (exact) mass is 411 g/mol. The smallest absolute Gasteiger partial charge is 0.230 e. The van der Waals surface area contributed by atoms with Gasteiger partial charge in [0.15, 0.2) is 5.16 Å². The first kappa shape index (κ1) is 19.5. The molecule has 0 aliphatic heterocycles. The summed E-state index contributed by atoms with van der Waals surface area (Å²) in [6.45, 7) is 6.26. The van der Waals surface area contributed by atoms with Gasteiger partial charge in [0.2, 0.25) is 5.91 Å². The summed E-state index contributed by atoms with van der Waals surface area (Å²) in [5.41, 5.74) is 2.59. The predicted octanol–water partition coefficient (Wildman–Crippen LogP) is 5.12. The number of imidazole rings is 1. The fourth-order valence-electron chi connectivity index (χ4n) is 6.68. The van der Waals surface area contributed by atoms with Gasteiger partial charge in [0.05, 0.1) is 16.8 Å². The first-order chi connectivity index (χ1) is 14.0. The molecule has 2 aromatic rings. The molecule has 29 heavy (non-hydrogen) atoms. The van der Waals surface area contributed by atoms with Crippen LogP contribution in [-0.4, -0.2) is 27.8 Å². The highest BCUT2D eigenvalue weighted by molar-refractivity contribution is 7.99. The lowest BCUT2D eigenvalue weighted by molar-refractivity contribution is -0.120. The van der Waals surface area contributed by atoms with Crippen molar-refractivity contribution in [2.45, 2.75) is 64.1 Å². The minimum atomic E-state index is 0.161. The van der Waals surface area contributed by atoms with Crippen LogP contribution < -0.4 is 5.32 Å². The van der Waals surface area contributed by atoms with Crippen molar-refractivity contribution in [1.29, 1.82) is 0 Å². The Labute approximate surface area is 178 Å². The molecule has 1 aromatic heterocycles. The highest BCUT2D eigenvalue weighted by Gasteiger charge is 2.50. The van der Waals surface area contributed by atoms with E-state index in [-0.39, 0.29) is 5.91 Å². The van der Waals surface area contributed by atoms with E-state index in [0.29, 0.717) is 17.1 Å². The van der Waals surface area contributed by atoms with Crippen LogP contribution in [0.5, 0.6) is 0 Å². The number of hydrogen-bond donors (Lipinski definition) is 1. The summed E-state index contributed by atoms with van der Waals surface area (Å²) >= 11 is 1.58. The van der Waals surface area contributed by atoms with Gasteiger partial charge in [0.25, 0.3) is 0 Å². The SMILES string of the molecule is CC(C)Cn1c(SCC(=O)NCC23CC4CC(CC(C4)C2)C3)nc2ccccc21. The van der Waals surface area contributed by atoms with Crippen molar-refractivity contribution >= 4 is 28.7 Å². The molecule has 0 saturated heterocycles. The molecule has 4 aliphatic carbocycles. The van der Waals surface area contributed by atoms with Crippen LogP contribution in [0.4, 0.5) is 0 Å². The molecule has 0 radical (unpaired) electrons. The van der Waals surface area contributed by atoms with Gasteiger partial charge in [-0.1, -0.05) is 37.7 Å². The van der Waals surface area contributed by atoms with E-state index in [1.165, 1.54) is 38.5 Å². The first-order valence-electron chi connectivity index (χ1n) is 11.3. The molecule has 1 heterocycles.